The molecule has 0 saturated heterocycles. The van der Waals surface area contributed by atoms with Crippen LogP contribution in [0.4, 0.5) is 10.6 Å². The first-order chi connectivity index (χ1) is 16.8. The number of ether oxygens (including phenoxy) is 2. The van der Waals surface area contributed by atoms with E-state index in [-0.39, 0.29) is 24.0 Å². The Morgan fingerprint density at radius 1 is 1.09 bits per heavy atom. The normalized spacial score (nSPS) is 13.9. The van der Waals surface area contributed by atoms with Crippen LogP contribution in [0.2, 0.25) is 0 Å². The molecular formula is C25H26N4O6. The lowest BCUT2D eigenvalue weighted by Gasteiger charge is -2.23. The second kappa shape index (κ2) is 9.98. The maximum absolute atomic E-state index is 12.9. The van der Waals surface area contributed by atoms with E-state index in [9.17, 15) is 14.4 Å². The van der Waals surface area contributed by atoms with Crippen molar-refractivity contribution < 1.29 is 29.0 Å². The van der Waals surface area contributed by atoms with Gasteiger partial charge in [-0.05, 0) is 29.2 Å². The third-order valence-electron chi connectivity index (χ3n) is 6.09. The lowest BCUT2D eigenvalue weighted by molar-refractivity contribution is -0.121. The van der Waals surface area contributed by atoms with Crippen LogP contribution in [0.15, 0.2) is 54.6 Å². The molecule has 35 heavy (non-hydrogen) atoms. The minimum absolute atomic E-state index is 0.0965. The molecule has 10 nitrogen and oxygen atoms in total. The molecule has 1 heterocycles. The Labute approximate surface area is 201 Å². The number of aromatic nitrogens is 2. The molecule has 0 unspecified atom stereocenters. The van der Waals surface area contributed by atoms with Gasteiger partial charge >= 0.3 is 12.1 Å². The van der Waals surface area contributed by atoms with E-state index in [0.29, 0.717) is 0 Å². The second-order valence-corrected chi connectivity index (χ2v) is 8.22. The number of benzene rings is 2. The van der Waals surface area contributed by atoms with Gasteiger partial charge in [-0.3, -0.25) is 9.48 Å². The summed E-state index contributed by atoms with van der Waals surface area (Å²) in [5.74, 6) is -1.79. The molecule has 4 rings (SSSR count). The van der Waals surface area contributed by atoms with Gasteiger partial charge in [0.15, 0.2) is 5.69 Å². The molecule has 0 radical (unpaired) electrons. The fourth-order valence-electron chi connectivity index (χ4n) is 4.19. The number of carbonyl (C=O) groups is 3. The first-order valence-corrected chi connectivity index (χ1v) is 11.0. The van der Waals surface area contributed by atoms with Gasteiger partial charge in [-0.1, -0.05) is 48.5 Å². The first kappa shape index (κ1) is 24.0. The highest BCUT2D eigenvalue weighted by Crippen LogP contribution is 2.44. The Kier molecular flexibility index (Phi) is 6.83. The summed E-state index contributed by atoms with van der Waals surface area (Å²) >= 11 is 0. The van der Waals surface area contributed by atoms with Crippen LogP contribution >= 0.6 is 0 Å². The number of anilines is 1. The predicted molar refractivity (Wildman–Crippen MR) is 127 cm³/mol. The van der Waals surface area contributed by atoms with Gasteiger partial charge in [-0.15, -0.1) is 0 Å². The lowest BCUT2D eigenvalue weighted by Crippen LogP contribution is -2.51. The summed E-state index contributed by atoms with van der Waals surface area (Å²) < 4.78 is 12.0. The molecule has 0 aliphatic heterocycles. The summed E-state index contributed by atoms with van der Waals surface area (Å²) in [5, 5.41) is 18.1. The van der Waals surface area contributed by atoms with Crippen LogP contribution in [0, 0.1) is 0 Å². The summed E-state index contributed by atoms with van der Waals surface area (Å²) in [7, 11) is 2.91. The second-order valence-electron chi connectivity index (χ2n) is 8.22. The molecule has 182 valence electrons. The number of alkyl carbamates (subject to hydrolysis) is 1. The monoisotopic (exact) mass is 478 g/mol. The Balaban J connectivity index is 1.44. The van der Waals surface area contributed by atoms with Crippen LogP contribution in [-0.2, 0) is 21.3 Å². The fourth-order valence-corrected chi connectivity index (χ4v) is 4.19. The molecule has 10 heteroatoms. The summed E-state index contributed by atoms with van der Waals surface area (Å²) in [5.41, 5.74) is 4.15. The van der Waals surface area contributed by atoms with Crippen molar-refractivity contribution in [3.8, 4) is 11.1 Å². The number of aromatic carboxylic acids is 1. The van der Waals surface area contributed by atoms with Gasteiger partial charge in [0.25, 0.3) is 5.91 Å². The third kappa shape index (κ3) is 4.87. The van der Waals surface area contributed by atoms with E-state index in [1.54, 1.807) is 6.92 Å². The Hall–Kier alpha value is -4.18. The number of hydrogen-bond acceptors (Lipinski definition) is 6. The Morgan fingerprint density at radius 3 is 2.23 bits per heavy atom. The summed E-state index contributed by atoms with van der Waals surface area (Å²) in [6.07, 6.45) is -1.46. The van der Waals surface area contributed by atoms with Crippen LogP contribution in [-0.4, -0.2) is 58.7 Å². The van der Waals surface area contributed by atoms with E-state index >= 15 is 0 Å². The van der Waals surface area contributed by atoms with E-state index in [2.05, 4.69) is 15.7 Å². The number of fused-ring (bicyclic) bond motifs is 3. The van der Waals surface area contributed by atoms with Gasteiger partial charge in [0, 0.05) is 26.1 Å². The zero-order valence-electron chi connectivity index (χ0n) is 19.5. The zero-order valence-corrected chi connectivity index (χ0v) is 19.5. The van der Waals surface area contributed by atoms with Crippen molar-refractivity contribution in [3.63, 3.8) is 0 Å². The predicted octanol–water partition coefficient (Wildman–Crippen LogP) is 3.00. The lowest BCUT2D eigenvalue weighted by atomic mass is 9.98. The number of carboxylic acids is 1. The number of methoxy groups -OCH3 is 1. The molecule has 2 amide bonds. The fraction of sp³-hybridized carbons (Fsp3) is 0.280. The zero-order chi connectivity index (χ0) is 25.1. The molecule has 0 spiro atoms. The van der Waals surface area contributed by atoms with Crippen molar-refractivity contribution in [1.82, 2.24) is 15.1 Å². The third-order valence-corrected chi connectivity index (χ3v) is 6.09. The van der Waals surface area contributed by atoms with Crippen LogP contribution in [0.5, 0.6) is 0 Å². The van der Waals surface area contributed by atoms with Crippen LogP contribution in [0.25, 0.3) is 11.1 Å². The standard InChI is InChI=1S/C25H26N4O6/c1-14(34-3)22(23(30)26-21-12-20(24(31)32)28-29(21)2)27-25(33)35-13-19-17-10-6-4-8-15(17)16-9-5-7-11-18(16)19/h4-12,14,19,22H,13H2,1-3H3,(H,26,30)(H,27,33)(H,31,32)/t14-,22+/m1/s1. The number of carboxylic acid groups (broad SMARTS) is 1. The smallest absolute Gasteiger partial charge is 0.407 e. The number of carbonyl (C=O) groups excluding carboxylic acids is 2. The average Bonchev–Trinajstić information content (AvgIpc) is 3.38. The van der Waals surface area contributed by atoms with Crippen molar-refractivity contribution in [2.24, 2.45) is 7.05 Å². The number of hydrogen-bond donors (Lipinski definition) is 3. The molecule has 1 aliphatic carbocycles. The highest BCUT2D eigenvalue weighted by Gasteiger charge is 2.31. The van der Waals surface area contributed by atoms with Crippen LogP contribution in [0.3, 0.4) is 0 Å². The maximum Gasteiger partial charge on any atom is 0.407 e. The molecule has 2 aromatic carbocycles. The number of aryl methyl sites for hydroxylation is 1. The van der Waals surface area contributed by atoms with Gasteiger partial charge in [0.1, 0.15) is 18.5 Å². The number of nitrogens with zero attached hydrogens (tertiary/aromatic N) is 2. The van der Waals surface area contributed by atoms with Crippen molar-refractivity contribution >= 4 is 23.8 Å². The van der Waals surface area contributed by atoms with Gasteiger partial charge in [-0.2, -0.15) is 5.10 Å². The van der Waals surface area contributed by atoms with Crippen molar-refractivity contribution in [1.29, 1.82) is 0 Å². The Bertz CT molecular complexity index is 1220. The molecule has 3 aromatic rings. The van der Waals surface area contributed by atoms with Gasteiger partial charge in [0.05, 0.1) is 6.10 Å². The molecule has 2 atom stereocenters. The van der Waals surface area contributed by atoms with Crippen molar-refractivity contribution in [2.75, 3.05) is 19.0 Å². The minimum atomic E-state index is -1.22. The van der Waals surface area contributed by atoms with Crippen LogP contribution in [0.1, 0.15) is 34.5 Å². The minimum Gasteiger partial charge on any atom is -0.476 e. The van der Waals surface area contributed by atoms with E-state index in [1.807, 2.05) is 48.5 Å². The molecule has 0 bridgehead atoms. The van der Waals surface area contributed by atoms with Crippen LogP contribution < -0.4 is 10.6 Å². The summed E-state index contributed by atoms with van der Waals surface area (Å²) in [6.45, 7) is 1.72. The molecule has 0 fully saturated rings. The maximum atomic E-state index is 12.9. The molecule has 3 N–H and O–H groups in total. The molecular weight excluding hydrogens is 452 g/mol. The quantitative estimate of drug-likeness (QED) is 0.453. The average molecular weight is 479 g/mol. The largest absolute Gasteiger partial charge is 0.476 e. The number of rotatable bonds is 8. The summed E-state index contributed by atoms with van der Waals surface area (Å²) in [6, 6.07) is 16.1. The van der Waals surface area contributed by atoms with E-state index < -0.39 is 30.1 Å². The SMILES string of the molecule is CO[C@H](C)[C@H](NC(=O)OCC1c2ccccc2-c2ccccc21)C(=O)Nc1cc(C(=O)O)nn1C. The van der Waals surface area contributed by atoms with E-state index in [4.69, 9.17) is 14.6 Å². The highest BCUT2D eigenvalue weighted by molar-refractivity contribution is 5.97. The summed E-state index contributed by atoms with van der Waals surface area (Å²) in [4.78, 5) is 36.8. The van der Waals surface area contributed by atoms with Gasteiger partial charge < -0.3 is 25.2 Å². The molecule has 0 saturated carbocycles. The Morgan fingerprint density at radius 2 is 1.69 bits per heavy atom. The first-order valence-electron chi connectivity index (χ1n) is 11.0. The number of nitrogens with one attached hydrogen (secondary N) is 2. The molecule has 1 aliphatic rings. The highest BCUT2D eigenvalue weighted by atomic mass is 16.5. The van der Waals surface area contributed by atoms with Crippen molar-refractivity contribution in [2.45, 2.75) is 25.0 Å². The van der Waals surface area contributed by atoms with Gasteiger partial charge in [-0.25, -0.2) is 9.59 Å². The topological polar surface area (TPSA) is 132 Å². The number of amides is 2. The van der Waals surface area contributed by atoms with Crippen molar-refractivity contribution in [3.05, 3.63) is 71.4 Å². The van der Waals surface area contributed by atoms with E-state index in [1.165, 1.54) is 24.9 Å². The molecule has 1 aromatic heterocycles. The van der Waals surface area contributed by atoms with Gasteiger partial charge in [0.2, 0.25) is 0 Å². The van der Waals surface area contributed by atoms with E-state index in [0.717, 1.165) is 22.3 Å².